The number of carbonyl (C=O) groups is 1. The second-order valence-electron chi connectivity index (χ2n) is 5.64. The van der Waals surface area contributed by atoms with E-state index >= 15 is 0 Å². The molecular formula is C16H20N2O. The minimum Gasteiger partial charge on any atom is -0.336 e. The van der Waals surface area contributed by atoms with Gasteiger partial charge in [-0.05, 0) is 31.2 Å². The van der Waals surface area contributed by atoms with Gasteiger partial charge in [0.1, 0.15) is 0 Å². The Labute approximate surface area is 114 Å². The quantitative estimate of drug-likeness (QED) is 0.763. The van der Waals surface area contributed by atoms with Gasteiger partial charge in [-0.25, -0.2) is 0 Å². The molecule has 3 rings (SSSR count). The van der Waals surface area contributed by atoms with Crippen molar-refractivity contribution >= 4 is 12.0 Å². The third-order valence-corrected chi connectivity index (χ3v) is 4.08. The molecular weight excluding hydrogens is 236 g/mol. The van der Waals surface area contributed by atoms with E-state index in [1.54, 1.807) is 0 Å². The van der Waals surface area contributed by atoms with Gasteiger partial charge in [0, 0.05) is 38.2 Å². The van der Waals surface area contributed by atoms with Crippen LogP contribution in [0.25, 0.3) is 6.08 Å². The Bertz CT molecular complexity index is 540. The summed E-state index contributed by atoms with van der Waals surface area (Å²) in [7, 11) is 2.11. The van der Waals surface area contributed by atoms with Crippen LogP contribution in [0.4, 0.5) is 0 Å². The number of rotatable bonds is 1. The first-order valence-electron chi connectivity index (χ1n) is 6.91. The molecule has 3 nitrogen and oxygen atoms in total. The maximum atomic E-state index is 12.5. The van der Waals surface area contributed by atoms with Gasteiger partial charge < -0.3 is 9.80 Å². The summed E-state index contributed by atoms with van der Waals surface area (Å²) < 4.78 is 0. The van der Waals surface area contributed by atoms with Gasteiger partial charge in [0.25, 0.3) is 0 Å². The van der Waals surface area contributed by atoms with Crippen LogP contribution in [-0.2, 0) is 11.2 Å². The fourth-order valence-corrected chi connectivity index (χ4v) is 2.80. The van der Waals surface area contributed by atoms with Crippen LogP contribution in [0.3, 0.4) is 0 Å². The summed E-state index contributed by atoms with van der Waals surface area (Å²) >= 11 is 0. The maximum absolute atomic E-state index is 12.5. The monoisotopic (exact) mass is 256 g/mol. The van der Waals surface area contributed by atoms with Crippen molar-refractivity contribution in [2.75, 3.05) is 33.2 Å². The van der Waals surface area contributed by atoms with Crippen LogP contribution in [0.2, 0.25) is 0 Å². The second kappa shape index (κ2) is 4.82. The minimum absolute atomic E-state index is 0.224. The highest BCUT2D eigenvalue weighted by Crippen LogP contribution is 2.27. The first kappa shape index (κ1) is 12.4. The standard InChI is InChI=1S/C16H20N2O/c1-12-3-4-13-10-15(11-14(13)9-12)16(19)18-7-5-17(2)6-8-18/h3-4,9,11H,5-8,10H2,1-2H3. The lowest BCUT2D eigenvalue weighted by Crippen LogP contribution is -2.47. The molecule has 1 amide bonds. The first-order valence-corrected chi connectivity index (χ1v) is 6.91. The number of hydrogen-bond donors (Lipinski definition) is 0. The molecule has 1 heterocycles. The van der Waals surface area contributed by atoms with Gasteiger partial charge in [-0.1, -0.05) is 23.8 Å². The Hall–Kier alpha value is -1.61. The third kappa shape index (κ3) is 2.43. The van der Waals surface area contributed by atoms with Gasteiger partial charge in [-0.15, -0.1) is 0 Å². The van der Waals surface area contributed by atoms with E-state index < -0.39 is 0 Å². The van der Waals surface area contributed by atoms with Crippen molar-refractivity contribution in [3.05, 3.63) is 40.5 Å². The van der Waals surface area contributed by atoms with Gasteiger partial charge in [0.15, 0.2) is 0 Å². The highest BCUT2D eigenvalue weighted by molar-refractivity contribution is 6.00. The van der Waals surface area contributed by atoms with Crippen molar-refractivity contribution in [1.29, 1.82) is 0 Å². The van der Waals surface area contributed by atoms with Crippen LogP contribution in [-0.4, -0.2) is 48.9 Å². The molecule has 0 spiro atoms. The van der Waals surface area contributed by atoms with Gasteiger partial charge in [-0.3, -0.25) is 4.79 Å². The fraction of sp³-hybridized carbons (Fsp3) is 0.438. The largest absolute Gasteiger partial charge is 0.336 e. The van der Waals surface area contributed by atoms with Crippen LogP contribution >= 0.6 is 0 Å². The van der Waals surface area contributed by atoms with E-state index in [1.807, 2.05) is 4.90 Å². The van der Waals surface area contributed by atoms with E-state index in [0.29, 0.717) is 0 Å². The SMILES string of the molecule is Cc1ccc2c(c1)C=C(C(=O)N1CCN(C)CC1)C2. The van der Waals surface area contributed by atoms with Gasteiger partial charge in [-0.2, -0.15) is 0 Å². The Morgan fingerprint density at radius 3 is 2.63 bits per heavy atom. The summed E-state index contributed by atoms with van der Waals surface area (Å²) in [4.78, 5) is 16.8. The molecule has 3 heteroatoms. The van der Waals surface area contributed by atoms with Crippen LogP contribution in [0.5, 0.6) is 0 Å². The number of benzene rings is 1. The van der Waals surface area contributed by atoms with Crippen molar-refractivity contribution in [1.82, 2.24) is 9.80 Å². The highest BCUT2D eigenvalue weighted by atomic mass is 16.2. The number of piperazine rings is 1. The average molecular weight is 256 g/mol. The normalized spacial score (nSPS) is 19.3. The van der Waals surface area contributed by atoms with Crippen LogP contribution in [0.15, 0.2) is 23.8 Å². The average Bonchev–Trinajstić information content (AvgIpc) is 2.81. The molecule has 0 N–H and O–H groups in total. The molecule has 0 radical (unpaired) electrons. The molecule has 1 aromatic rings. The zero-order valence-corrected chi connectivity index (χ0v) is 11.6. The number of hydrogen-bond acceptors (Lipinski definition) is 2. The zero-order valence-electron chi connectivity index (χ0n) is 11.6. The van der Waals surface area contributed by atoms with Gasteiger partial charge in [0.05, 0.1) is 0 Å². The molecule has 0 atom stereocenters. The molecule has 0 saturated carbocycles. The predicted molar refractivity (Wildman–Crippen MR) is 76.9 cm³/mol. The number of fused-ring (bicyclic) bond motifs is 1. The first-order chi connectivity index (χ1) is 9.13. The molecule has 100 valence electrons. The van der Waals surface area contributed by atoms with E-state index in [-0.39, 0.29) is 5.91 Å². The molecule has 2 aliphatic rings. The van der Waals surface area contributed by atoms with Crippen LogP contribution in [0, 0.1) is 6.92 Å². The summed E-state index contributed by atoms with van der Waals surface area (Å²) in [5.41, 5.74) is 4.70. The van der Waals surface area contributed by atoms with E-state index in [0.717, 1.165) is 38.2 Å². The van der Waals surface area contributed by atoms with Gasteiger partial charge in [0.2, 0.25) is 5.91 Å². The molecule has 0 bridgehead atoms. The summed E-state index contributed by atoms with van der Waals surface area (Å²) in [5.74, 6) is 0.224. The molecule has 1 saturated heterocycles. The number of nitrogens with zero attached hydrogens (tertiary/aromatic N) is 2. The summed E-state index contributed by atoms with van der Waals surface area (Å²) in [6, 6.07) is 6.43. The Morgan fingerprint density at radius 1 is 1.16 bits per heavy atom. The second-order valence-corrected chi connectivity index (χ2v) is 5.64. The Balaban J connectivity index is 1.74. The summed E-state index contributed by atoms with van der Waals surface area (Å²) in [5, 5.41) is 0. The third-order valence-electron chi connectivity index (χ3n) is 4.08. The molecule has 1 aromatic carbocycles. The smallest absolute Gasteiger partial charge is 0.250 e. The van der Waals surface area contributed by atoms with Gasteiger partial charge >= 0.3 is 0 Å². The molecule has 0 aromatic heterocycles. The molecule has 1 fully saturated rings. The van der Waals surface area contributed by atoms with E-state index in [9.17, 15) is 4.79 Å². The lowest BCUT2D eigenvalue weighted by molar-refractivity contribution is -0.128. The Morgan fingerprint density at radius 2 is 1.89 bits per heavy atom. The lowest BCUT2D eigenvalue weighted by atomic mass is 10.1. The molecule has 1 aliphatic heterocycles. The van der Waals surface area contributed by atoms with Crippen molar-refractivity contribution in [2.45, 2.75) is 13.3 Å². The molecule has 1 aliphatic carbocycles. The fourth-order valence-electron chi connectivity index (χ4n) is 2.80. The summed E-state index contributed by atoms with van der Waals surface area (Å²) in [6.07, 6.45) is 2.86. The van der Waals surface area contributed by atoms with Crippen molar-refractivity contribution in [3.63, 3.8) is 0 Å². The molecule has 0 unspecified atom stereocenters. The van der Waals surface area contributed by atoms with E-state index in [2.05, 4.69) is 43.1 Å². The van der Waals surface area contributed by atoms with Crippen molar-refractivity contribution < 1.29 is 4.79 Å². The number of likely N-dealkylation sites (N-methyl/N-ethyl adjacent to an activating group) is 1. The van der Waals surface area contributed by atoms with E-state index in [4.69, 9.17) is 0 Å². The summed E-state index contributed by atoms with van der Waals surface area (Å²) in [6.45, 7) is 5.74. The number of amides is 1. The highest BCUT2D eigenvalue weighted by Gasteiger charge is 2.25. The maximum Gasteiger partial charge on any atom is 0.250 e. The van der Waals surface area contributed by atoms with E-state index in [1.165, 1.54) is 16.7 Å². The number of carbonyl (C=O) groups excluding carboxylic acids is 1. The predicted octanol–water partition coefficient (Wildman–Crippen LogP) is 1.71. The molecule has 19 heavy (non-hydrogen) atoms. The van der Waals surface area contributed by atoms with Crippen molar-refractivity contribution in [2.24, 2.45) is 0 Å². The minimum atomic E-state index is 0.224. The zero-order chi connectivity index (χ0) is 13.4. The van der Waals surface area contributed by atoms with Crippen LogP contribution in [0.1, 0.15) is 16.7 Å². The van der Waals surface area contributed by atoms with Crippen LogP contribution < -0.4 is 0 Å². The topological polar surface area (TPSA) is 23.6 Å². The Kier molecular flexibility index (Phi) is 3.15. The number of aryl methyl sites for hydroxylation is 1. The van der Waals surface area contributed by atoms with Crippen molar-refractivity contribution in [3.8, 4) is 0 Å². The lowest BCUT2D eigenvalue weighted by Gasteiger charge is -2.32.